The Balaban J connectivity index is 1.85. The summed E-state index contributed by atoms with van der Waals surface area (Å²) in [5, 5.41) is 10.6. The molecule has 1 amide bonds. The molecule has 130 valence electrons. The number of aromatic nitrogens is 2. The third-order valence-corrected chi connectivity index (χ3v) is 4.52. The van der Waals surface area contributed by atoms with Crippen LogP contribution in [0.4, 0.5) is 14.5 Å². The standard InChI is InChI=1S/C17H15F2N3O2S/c1-8(2)16-21-22-17(24-16)14-7-13(9(3)25-14)20-15(23)11-6-10(18)4-5-12(11)19/h4-8H,1-3H3,(H,20,23). The number of anilines is 1. The van der Waals surface area contributed by atoms with Gasteiger partial charge in [-0.2, -0.15) is 0 Å². The van der Waals surface area contributed by atoms with Crippen molar-refractivity contribution in [2.24, 2.45) is 0 Å². The molecule has 0 aliphatic rings. The number of benzene rings is 1. The Morgan fingerprint density at radius 2 is 2.00 bits per heavy atom. The molecular formula is C17H15F2N3O2S. The van der Waals surface area contributed by atoms with Crippen molar-refractivity contribution in [3.05, 3.63) is 52.2 Å². The summed E-state index contributed by atoms with van der Waals surface area (Å²) in [4.78, 5) is 13.7. The summed E-state index contributed by atoms with van der Waals surface area (Å²) in [6.45, 7) is 5.68. The van der Waals surface area contributed by atoms with Gasteiger partial charge in [-0.05, 0) is 31.2 Å². The van der Waals surface area contributed by atoms with Crippen LogP contribution >= 0.6 is 11.3 Å². The van der Waals surface area contributed by atoms with E-state index in [1.165, 1.54) is 11.3 Å². The van der Waals surface area contributed by atoms with Gasteiger partial charge in [0.1, 0.15) is 11.6 Å². The Labute approximate surface area is 146 Å². The molecule has 2 heterocycles. The van der Waals surface area contributed by atoms with Crippen LogP contribution in [0.5, 0.6) is 0 Å². The van der Waals surface area contributed by atoms with Crippen LogP contribution in [0.2, 0.25) is 0 Å². The van der Waals surface area contributed by atoms with E-state index in [2.05, 4.69) is 15.5 Å². The first-order valence-corrected chi connectivity index (χ1v) is 8.37. The molecule has 0 saturated heterocycles. The maximum atomic E-state index is 13.7. The largest absolute Gasteiger partial charge is 0.420 e. The molecule has 0 bridgehead atoms. The van der Waals surface area contributed by atoms with Gasteiger partial charge in [-0.1, -0.05) is 13.8 Å². The molecule has 0 spiro atoms. The number of carbonyl (C=O) groups is 1. The van der Waals surface area contributed by atoms with Crippen LogP contribution in [0, 0.1) is 18.6 Å². The van der Waals surface area contributed by atoms with Crippen molar-refractivity contribution in [3.63, 3.8) is 0 Å². The Hall–Kier alpha value is -2.61. The molecule has 5 nitrogen and oxygen atoms in total. The molecule has 0 unspecified atom stereocenters. The van der Waals surface area contributed by atoms with E-state index in [-0.39, 0.29) is 11.5 Å². The first kappa shape index (κ1) is 17.2. The maximum Gasteiger partial charge on any atom is 0.258 e. The first-order valence-electron chi connectivity index (χ1n) is 7.55. The van der Waals surface area contributed by atoms with Crippen molar-refractivity contribution in [3.8, 4) is 10.8 Å². The SMILES string of the molecule is Cc1sc(-c2nnc(C(C)C)o2)cc1NC(=O)c1cc(F)ccc1F. The molecule has 0 aliphatic carbocycles. The molecule has 3 rings (SSSR count). The quantitative estimate of drug-likeness (QED) is 0.726. The average molecular weight is 363 g/mol. The van der Waals surface area contributed by atoms with Crippen LogP contribution < -0.4 is 5.32 Å². The molecular weight excluding hydrogens is 348 g/mol. The van der Waals surface area contributed by atoms with Crippen LogP contribution in [0.25, 0.3) is 10.8 Å². The van der Waals surface area contributed by atoms with Crippen molar-refractivity contribution in [2.45, 2.75) is 26.7 Å². The zero-order valence-electron chi connectivity index (χ0n) is 13.8. The Bertz CT molecular complexity index is 934. The van der Waals surface area contributed by atoms with E-state index in [9.17, 15) is 13.6 Å². The molecule has 0 fully saturated rings. The molecule has 8 heteroatoms. The van der Waals surface area contributed by atoms with E-state index in [0.29, 0.717) is 22.3 Å². The molecule has 3 aromatic rings. The van der Waals surface area contributed by atoms with E-state index >= 15 is 0 Å². The molecule has 1 aromatic carbocycles. The summed E-state index contributed by atoms with van der Waals surface area (Å²) >= 11 is 1.36. The number of carbonyl (C=O) groups excluding carboxylic acids is 1. The minimum absolute atomic E-state index is 0.109. The van der Waals surface area contributed by atoms with Gasteiger partial charge in [0.05, 0.1) is 16.1 Å². The number of aryl methyl sites for hydroxylation is 1. The number of hydrogen-bond donors (Lipinski definition) is 1. The third-order valence-electron chi connectivity index (χ3n) is 3.48. The van der Waals surface area contributed by atoms with Crippen LogP contribution in [-0.2, 0) is 0 Å². The average Bonchev–Trinajstić information content (AvgIpc) is 3.17. The fourth-order valence-corrected chi connectivity index (χ4v) is 3.04. The van der Waals surface area contributed by atoms with Crippen molar-refractivity contribution in [1.82, 2.24) is 10.2 Å². The van der Waals surface area contributed by atoms with E-state index in [1.807, 2.05) is 13.8 Å². The predicted octanol–water partition coefficient (Wildman–Crippen LogP) is 4.76. The number of halogens is 2. The molecule has 25 heavy (non-hydrogen) atoms. The lowest BCUT2D eigenvalue weighted by Gasteiger charge is -2.05. The second-order valence-corrected chi connectivity index (χ2v) is 7.02. The van der Waals surface area contributed by atoms with Gasteiger partial charge >= 0.3 is 0 Å². The number of rotatable bonds is 4. The zero-order chi connectivity index (χ0) is 18.1. The van der Waals surface area contributed by atoms with Gasteiger partial charge in [-0.3, -0.25) is 4.79 Å². The van der Waals surface area contributed by atoms with Gasteiger partial charge in [0.25, 0.3) is 11.8 Å². The Morgan fingerprint density at radius 1 is 1.24 bits per heavy atom. The smallest absolute Gasteiger partial charge is 0.258 e. The highest BCUT2D eigenvalue weighted by Gasteiger charge is 2.18. The second kappa shape index (κ2) is 6.72. The van der Waals surface area contributed by atoms with Gasteiger partial charge in [0.15, 0.2) is 0 Å². The number of nitrogens with zero attached hydrogens (tertiary/aromatic N) is 2. The number of nitrogens with one attached hydrogen (secondary N) is 1. The van der Waals surface area contributed by atoms with E-state index in [1.54, 1.807) is 13.0 Å². The lowest BCUT2D eigenvalue weighted by molar-refractivity contribution is 0.102. The van der Waals surface area contributed by atoms with Crippen molar-refractivity contribution in [1.29, 1.82) is 0 Å². The summed E-state index contributed by atoms with van der Waals surface area (Å²) in [5.74, 6) is -1.20. The highest BCUT2D eigenvalue weighted by Crippen LogP contribution is 2.34. The third kappa shape index (κ3) is 3.58. The molecule has 2 aromatic heterocycles. The number of amides is 1. The van der Waals surface area contributed by atoms with Crippen LogP contribution in [0.3, 0.4) is 0 Å². The van der Waals surface area contributed by atoms with E-state index < -0.39 is 17.5 Å². The normalized spacial score (nSPS) is 11.1. The van der Waals surface area contributed by atoms with Crippen molar-refractivity contribution in [2.75, 3.05) is 5.32 Å². The monoisotopic (exact) mass is 363 g/mol. The highest BCUT2D eigenvalue weighted by atomic mass is 32.1. The topological polar surface area (TPSA) is 68.0 Å². The maximum absolute atomic E-state index is 13.7. The molecule has 0 saturated carbocycles. The minimum Gasteiger partial charge on any atom is -0.420 e. The lowest BCUT2D eigenvalue weighted by Crippen LogP contribution is -2.14. The van der Waals surface area contributed by atoms with Crippen LogP contribution in [0.15, 0.2) is 28.7 Å². The summed E-state index contributed by atoms with van der Waals surface area (Å²) < 4.78 is 32.5. The molecule has 0 aliphatic heterocycles. The first-order chi connectivity index (χ1) is 11.8. The zero-order valence-corrected chi connectivity index (χ0v) is 14.6. The molecule has 1 N–H and O–H groups in total. The van der Waals surface area contributed by atoms with Gasteiger partial charge in [0.2, 0.25) is 5.89 Å². The van der Waals surface area contributed by atoms with Gasteiger partial charge in [0, 0.05) is 10.8 Å². The lowest BCUT2D eigenvalue weighted by atomic mass is 10.2. The minimum atomic E-state index is -0.787. The van der Waals surface area contributed by atoms with Gasteiger partial charge in [-0.15, -0.1) is 21.5 Å². The van der Waals surface area contributed by atoms with Crippen molar-refractivity contribution >= 4 is 22.9 Å². The highest BCUT2D eigenvalue weighted by molar-refractivity contribution is 7.15. The van der Waals surface area contributed by atoms with Gasteiger partial charge < -0.3 is 9.73 Å². The summed E-state index contributed by atoms with van der Waals surface area (Å²) in [6, 6.07) is 4.41. The van der Waals surface area contributed by atoms with E-state index in [4.69, 9.17) is 4.42 Å². The van der Waals surface area contributed by atoms with Gasteiger partial charge in [-0.25, -0.2) is 8.78 Å². The fourth-order valence-electron chi connectivity index (χ4n) is 2.14. The Morgan fingerprint density at radius 3 is 2.68 bits per heavy atom. The summed E-state index contributed by atoms with van der Waals surface area (Å²) in [7, 11) is 0. The van der Waals surface area contributed by atoms with E-state index in [0.717, 1.165) is 23.1 Å². The molecule has 0 atom stereocenters. The molecule has 0 radical (unpaired) electrons. The fraction of sp³-hybridized carbons (Fsp3) is 0.235. The predicted molar refractivity (Wildman–Crippen MR) is 90.7 cm³/mol. The summed E-state index contributed by atoms with van der Waals surface area (Å²) in [5.41, 5.74) is 0.130. The van der Waals surface area contributed by atoms with Crippen LogP contribution in [0.1, 0.15) is 40.9 Å². The number of hydrogen-bond acceptors (Lipinski definition) is 5. The Kier molecular flexibility index (Phi) is 4.63. The second-order valence-electron chi connectivity index (χ2n) is 5.76. The van der Waals surface area contributed by atoms with Crippen molar-refractivity contribution < 1.29 is 18.0 Å². The number of thiophene rings is 1. The summed E-state index contributed by atoms with van der Waals surface area (Å²) in [6.07, 6.45) is 0. The van der Waals surface area contributed by atoms with Crippen LogP contribution in [-0.4, -0.2) is 16.1 Å².